The predicted octanol–water partition coefficient (Wildman–Crippen LogP) is 5.27. The van der Waals surface area contributed by atoms with Crippen LogP contribution >= 0.6 is 0 Å². The first kappa shape index (κ1) is 16.6. The molecule has 3 atom stereocenters. The maximum Gasteiger partial charge on any atom is 0.333 e. The van der Waals surface area contributed by atoms with Gasteiger partial charge in [-0.3, -0.25) is 0 Å². The van der Waals surface area contributed by atoms with Gasteiger partial charge in [0.05, 0.1) is 0 Å². The number of carbonyl (C=O) groups is 1. The molecule has 0 radical (unpaired) electrons. The number of ether oxygens (including phenoxy) is 1. The van der Waals surface area contributed by atoms with Crippen LogP contribution in [-0.2, 0) is 9.53 Å². The Morgan fingerprint density at radius 3 is 2.29 bits per heavy atom. The molecule has 0 spiro atoms. The Hall–Kier alpha value is -0.790. The summed E-state index contributed by atoms with van der Waals surface area (Å²) in [7, 11) is 0. The summed E-state index contributed by atoms with van der Waals surface area (Å²) in [5.74, 6) is 1.45. The lowest BCUT2D eigenvalue weighted by molar-refractivity contribution is -0.176. The standard InChI is InChI=1S/C19H32O2/c1-14(2)18(20)21-19(17-11-6-5-7-12-17)13-9-8-10-15(3)16(19)4/h15-17H,1,5-13H2,2-4H3. The summed E-state index contributed by atoms with van der Waals surface area (Å²) >= 11 is 0. The van der Waals surface area contributed by atoms with E-state index in [0.29, 0.717) is 23.3 Å². The van der Waals surface area contributed by atoms with E-state index in [-0.39, 0.29) is 11.6 Å². The molecule has 0 heterocycles. The molecule has 0 bridgehead atoms. The summed E-state index contributed by atoms with van der Waals surface area (Å²) in [5, 5.41) is 0. The van der Waals surface area contributed by atoms with Crippen molar-refractivity contribution in [2.45, 2.75) is 84.2 Å². The first-order chi connectivity index (χ1) is 9.97. The van der Waals surface area contributed by atoms with Crippen molar-refractivity contribution in [3.63, 3.8) is 0 Å². The molecule has 0 amide bonds. The summed E-state index contributed by atoms with van der Waals surface area (Å²) in [6.07, 6.45) is 11.1. The van der Waals surface area contributed by atoms with Gasteiger partial charge in [0.25, 0.3) is 0 Å². The molecule has 0 N–H and O–H groups in total. The number of esters is 1. The highest BCUT2D eigenvalue weighted by Crippen LogP contribution is 2.48. The lowest BCUT2D eigenvalue weighted by Gasteiger charge is -2.47. The van der Waals surface area contributed by atoms with E-state index in [1.807, 2.05) is 0 Å². The largest absolute Gasteiger partial charge is 0.455 e. The molecular weight excluding hydrogens is 260 g/mol. The zero-order chi connectivity index (χ0) is 15.5. The topological polar surface area (TPSA) is 26.3 Å². The predicted molar refractivity (Wildman–Crippen MR) is 87.0 cm³/mol. The molecule has 0 aliphatic heterocycles. The van der Waals surface area contributed by atoms with E-state index < -0.39 is 0 Å². The van der Waals surface area contributed by atoms with Crippen LogP contribution < -0.4 is 0 Å². The van der Waals surface area contributed by atoms with Gasteiger partial charge in [-0.2, -0.15) is 0 Å². The van der Waals surface area contributed by atoms with E-state index in [9.17, 15) is 4.79 Å². The molecule has 0 aromatic rings. The fourth-order valence-corrected chi connectivity index (χ4v) is 4.48. The van der Waals surface area contributed by atoms with Crippen LogP contribution in [0.2, 0.25) is 0 Å². The monoisotopic (exact) mass is 292 g/mol. The number of hydrogen-bond acceptors (Lipinski definition) is 2. The molecule has 0 aromatic carbocycles. The van der Waals surface area contributed by atoms with Crippen molar-refractivity contribution in [2.75, 3.05) is 0 Å². The van der Waals surface area contributed by atoms with Crippen molar-refractivity contribution >= 4 is 5.97 Å². The molecule has 21 heavy (non-hydrogen) atoms. The smallest absolute Gasteiger partial charge is 0.333 e. The quantitative estimate of drug-likeness (QED) is 0.402. The third kappa shape index (κ3) is 3.52. The van der Waals surface area contributed by atoms with Crippen molar-refractivity contribution < 1.29 is 9.53 Å². The van der Waals surface area contributed by atoms with Crippen LogP contribution in [0.5, 0.6) is 0 Å². The SMILES string of the molecule is C=C(C)C(=O)OC1(C2CCCCC2)CCCCC(C)C1C. The minimum Gasteiger partial charge on any atom is -0.455 e. The maximum atomic E-state index is 12.3. The average molecular weight is 292 g/mol. The maximum absolute atomic E-state index is 12.3. The van der Waals surface area contributed by atoms with Crippen molar-refractivity contribution in [3.8, 4) is 0 Å². The molecule has 2 rings (SSSR count). The third-order valence-electron chi connectivity index (χ3n) is 6.03. The Kier molecular flexibility index (Phi) is 5.51. The molecule has 120 valence electrons. The molecule has 2 saturated carbocycles. The van der Waals surface area contributed by atoms with Crippen LogP contribution in [0.25, 0.3) is 0 Å². The third-order valence-corrected chi connectivity index (χ3v) is 6.03. The van der Waals surface area contributed by atoms with Gasteiger partial charge in [-0.05, 0) is 50.4 Å². The van der Waals surface area contributed by atoms with E-state index in [1.165, 1.54) is 51.4 Å². The van der Waals surface area contributed by atoms with Crippen molar-refractivity contribution in [3.05, 3.63) is 12.2 Å². The van der Waals surface area contributed by atoms with E-state index in [2.05, 4.69) is 20.4 Å². The number of hydrogen-bond donors (Lipinski definition) is 0. The molecule has 0 aromatic heterocycles. The number of carbonyl (C=O) groups excluding carboxylic acids is 1. The summed E-state index contributed by atoms with van der Waals surface area (Å²) in [6, 6.07) is 0. The highest BCUT2D eigenvalue weighted by Gasteiger charge is 2.49. The van der Waals surface area contributed by atoms with Crippen LogP contribution in [0.4, 0.5) is 0 Å². The Morgan fingerprint density at radius 1 is 1.05 bits per heavy atom. The van der Waals surface area contributed by atoms with E-state index >= 15 is 0 Å². The van der Waals surface area contributed by atoms with Gasteiger partial charge in [-0.15, -0.1) is 0 Å². The van der Waals surface area contributed by atoms with Gasteiger partial charge < -0.3 is 4.74 Å². The van der Waals surface area contributed by atoms with Crippen molar-refractivity contribution in [1.29, 1.82) is 0 Å². The molecule has 2 fully saturated rings. The molecule has 0 saturated heterocycles. The van der Waals surface area contributed by atoms with Crippen LogP contribution in [-0.4, -0.2) is 11.6 Å². The molecule has 2 heteroatoms. The molecule has 2 aliphatic carbocycles. The minimum atomic E-state index is -0.244. The molecule has 2 nitrogen and oxygen atoms in total. The summed E-state index contributed by atoms with van der Waals surface area (Å²) < 4.78 is 6.20. The van der Waals surface area contributed by atoms with Gasteiger partial charge in [0.15, 0.2) is 0 Å². The Balaban J connectivity index is 2.30. The highest BCUT2D eigenvalue weighted by molar-refractivity contribution is 5.87. The Labute approximate surface area is 130 Å². The molecule has 2 aliphatic rings. The summed E-state index contributed by atoms with van der Waals surface area (Å²) in [5.41, 5.74) is 0.293. The van der Waals surface area contributed by atoms with E-state index in [4.69, 9.17) is 4.74 Å². The normalized spacial score (nSPS) is 35.0. The van der Waals surface area contributed by atoms with Crippen LogP contribution in [0.15, 0.2) is 12.2 Å². The van der Waals surface area contributed by atoms with Crippen molar-refractivity contribution in [1.82, 2.24) is 0 Å². The van der Waals surface area contributed by atoms with Gasteiger partial charge in [0.2, 0.25) is 0 Å². The van der Waals surface area contributed by atoms with Gasteiger partial charge in [-0.25, -0.2) is 4.79 Å². The number of rotatable bonds is 3. The first-order valence-electron chi connectivity index (χ1n) is 8.86. The zero-order valence-electron chi connectivity index (χ0n) is 14.1. The van der Waals surface area contributed by atoms with Gasteiger partial charge in [-0.1, -0.05) is 52.5 Å². The fourth-order valence-electron chi connectivity index (χ4n) is 4.48. The molecular formula is C19H32O2. The second-order valence-electron chi connectivity index (χ2n) is 7.47. The van der Waals surface area contributed by atoms with Crippen LogP contribution in [0.3, 0.4) is 0 Å². The lowest BCUT2D eigenvalue weighted by atomic mass is 9.66. The first-order valence-corrected chi connectivity index (χ1v) is 8.86. The summed E-state index contributed by atoms with van der Waals surface area (Å²) in [6.45, 7) is 10.2. The zero-order valence-corrected chi connectivity index (χ0v) is 14.1. The van der Waals surface area contributed by atoms with Gasteiger partial charge in [0, 0.05) is 5.57 Å². The van der Waals surface area contributed by atoms with E-state index in [1.54, 1.807) is 6.92 Å². The lowest BCUT2D eigenvalue weighted by Crippen LogP contribution is -2.50. The van der Waals surface area contributed by atoms with Crippen LogP contribution in [0, 0.1) is 17.8 Å². The average Bonchev–Trinajstić information content (AvgIpc) is 2.62. The van der Waals surface area contributed by atoms with Gasteiger partial charge in [0.1, 0.15) is 5.60 Å². The second kappa shape index (κ2) is 6.98. The Bertz CT molecular complexity index is 381. The van der Waals surface area contributed by atoms with Crippen molar-refractivity contribution in [2.24, 2.45) is 17.8 Å². The fraction of sp³-hybridized carbons (Fsp3) is 0.842. The molecule has 3 unspecified atom stereocenters. The highest BCUT2D eigenvalue weighted by atomic mass is 16.6. The Morgan fingerprint density at radius 2 is 1.67 bits per heavy atom. The summed E-state index contributed by atoms with van der Waals surface area (Å²) in [4.78, 5) is 12.3. The second-order valence-corrected chi connectivity index (χ2v) is 7.47. The minimum absolute atomic E-state index is 0.179. The van der Waals surface area contributed by atoms with Gasteiger partial charge >= 0.3 is 5.97 Å². The van der Waals surface area contributed by atoms with E-state index in [0.717, 1.165) is 6.42 Å². The van der Waals surface area contributed by atoms with Crippen LogP contribution in [0.1, 0.15) is 78.6 Å².